The molecule has 0 spiro atoms. The van der Waals surface area contributed by atoms with Gasteiger partial charge in [0.05, 0.1) is 15.9 Å². The molecular formula is C16H18N2O4S. The van der Waals surface area contributed by atoms with Gasteiger partial charge >= 0.3 is 5.00 Å². The Hall–Kier alpha value is -2.25. The lowest BCUT2D eigenvalue weighted by molar-refractivity contribution is -0.380. The molecule has 1 heterocycles. The van der Waals surface area contributed by atoms with Gasteiger partial charge in [0, 0.05) is 19.2 Å². The third-order valence-electron chi connectivity index (χ3n) is 3.24. The van der Waals surface area contributed by atoms with E-state index in [-0.39, 0.29) is 17.0 Å². The van der Waals surface area contributed by atoms with E-state index in [1.165, 1.54) is 12.1 Å². The van der Waals surface area contributed by atoms with Gasteiger partial charge in [0.25, 0.3) is 5.91 Å². The highest BCUT2D eigenvalue weighted by atomic mass is 32.1. The number of ether oxygens (including phenoxy) is 1. The molecule has 0 unspecified atom stereocenters. The first-order chi connectivity index (χ1) is 11.1. The van der Waals surface area contributed by atoms with Gasteiger partial charge in [0.2, 0.25) is 0 Å². The summed E-state index contributed by atoms with van der Waals surface area (Å²) in [6.07, 6.45) is 0.683. The zero-order valence-electron chi connectivity index (χ0n) is 12.7. The monoisotopic (exact) mass is 334 g/mol. The largest absolute Gasteiger partial charge is 0.374 e. The summed E-state index contributed by atoms with van der Waals surface area (Å²) in [6, 6.07) is 12.7. The number of hydrogen-bond acceptors (Lipinski definition) is 5. The average Bonchev–Trinajstić information content (AvgIpc) is 3.05. The number of benzene rings is 1. The molecule has 0 radical (unpaired) electrons. The maximum absolute atomic E-state index is 11.8. The minimum absolute atomic E-state index is 0.00634. The second-order valence-electron chi connectivity index (χ2n) is 4.93. The van der Waals surface area contributed by atoms with E-state index in [9.17, 15) is 14.9 Å². The Bertz CT molecular complexity index is 657. The van der Waals surface area contributed by atoms with Crippen LogP contribution in [0.15, 0.2) is 42.5 Å². The number of amides is 1. The van der Waals surface area contributed by atoms with E-state index in [4.69, 9.17) is 4.74 Å². The summed E-state index contributed by atoms with van der Waals surface area (Å²) in [5.74, 6) is -0.292. The van der Waals surface area contributed by atoms with Crippen LogP contribution >= 0.6 is 11.3 Å². The zero-order chi connectivity index (χ0) is 16.7. The van der Waals surface area contributed by atoms with E-state index < -0.39 is 4.92 Å². The summed E-state index contributed by atoms with van der Waals surface area (Å²) >= 11 is 0.873. The van der Waals surface area contributed by atoms with Crippen molar-refractivity contribution in [3.05, 3.63) is 63.0 Å². The predicted octanol–water partition coefficient (Wildman–Crippen LogP) is 3.55. The van der Waals surface area contributed by atoms with Crippen LogP contribution in [0.2, 0.25) is 0 Å². The van der Waals surface area contributed by atoms with Gasteiger partial charge in [-0.2, -0.15) is 0 Å². The normalized spacial score (nSPS) is 11.9. The van der Waals surface area contributed by atoms with Crippen LogP contribution in [0.4, 0.5) is 5.00 Å². The van der Waals surface area contributed by atoms with Gasteiger partial charge in [0.15, 0.2) is 0 Å². The van der Waals surface area contributed by atoms with Crippen molar-refractivity contribution in [2.24, 2.45) is 0 Å². The second kappa shape index (κ2) is 8.40. The Labute approximate surface area is 138 Å². The predicted molar refractivity (Wildman–Crippen MR) is 88.7 cm³/mol. The fourth-order valence-corrected chi connectivity index (χ4v) is 2.73. The van der Waals surface area contributed by atoms with Gasteiger partial charge in [-0.25, -0.2) is 0 Å². The summed E-state index contributed by atoms with van der Waals surface area (Å²) in [5, 5.41) is 13.3. The van der Waals surface area contributed by atoms with E-state index >= 15 is 0 Å². The van der Waals surface area contributed by atoms with Gasteiger partial charge in [-0.3, -0.25) is 14.9 Å². The zero-order valence-corrected chi connectivity index (χ0v) is 13.5. The van der Waals surface area contributed by atoms with E-state index in [0.717, 1.165) is 16.9 Å². The molecule has 0 saturated carbocycles. The van der Waals surface area contributed by atoms with Gasteiger partial charge in [-0.15, -0.1) is 0 Å². The van der Waals surface area contributed by atoms with Crippen molar-refractivity contribution in [2.45, 2.75) is 19.4 Å². The molecule has 0 bridgehead atoms. The number of hydrogen-bond donors (Lipinski definition) is 1. The summed E-state index contributed by atoms with van der Waals surface area (Å²) in [7, 11) is 0. The Morgan fingerprint density at radius 2 is 2.04 bits per heavy atom. The molecular weight excluding hydrogens is 316 g/mol. The molecule has 2 aromatic rings. The Morgan fingerprint density at radius 1 is 1.30 bits per heavy atom. The van der Waals surface area contributed by atoms with Crippen LogP contribution in [0.3, 0.4) is 0 Å². The molecule has 7 heteroatoms. The number of rotatable bonds is 8. The Balaban J connectivity index is 1.67. The molecule has 0 fully saturated rings. The Morgan fingerprint density at radius 3 is 2.70 bits per heavy atom. The lowest BCUT2D eigenvalue weighted by atomic mass is 10.1. The standard InChI is InChI=1S/C16H18N2O4S/c1-12(13-6-3-2-4-7-13)22-11-5-10-17-16(19)14-8-9-15(23-14)18(20)21/h2-4,6-9,12H,5,10-11H2,1H3,(H,17,19)/t12-/m0/s1. The quantitative estimate of drug-likeness (QED) is 0.455. The van der Waals surface area contributed by atoms with Crippen LogP contribution in [-0.4, -0.2) is 24.0 Å². The smallest absolute Gasteiger partial charge is 0.324 e. The summed E-state index contributed by atoms with van der Waals surface area (Å²) in [6.45, 7) is 2.98. The minimum atomic E-state index is -0.500. The molecule has 23 heavy (non-hydrogen) atoms. The average molecular weight is 334 g/mol. The van der Waals surface area contributed by atoms with Gasteiger partial charge < -0.3 is 10.1 Å². The maximum atomic E-state index is 11.8. The van der Waals surface area contributed by atoms with E-state index in [1.54, 1.807) is 0 Å². The second-order valence-corrected chi connectivity index (χ2v) is 5.99. The molecule has 2 rings (SSSR count). The van der Waals surface area contributed by atoms with Gasteiger partial charge in [-0.1, -0.05) is 41.7 Å². The number of carbonyl (C=O) groups excluding carboxylic acids is 1. The summed E-state index contributed by atoms with van der Waals surface area (Å²) in [4.78, 5) is 22.3. The van der Waals surface area contributed by atoms with Gasteiger partial charge in [0.1, 0.15) is 0 Å². The molecule has 1 atom stereocenters. The highest BCUT2D eigenvalue weighted by Crippen LogP contribution is 2.23. The van der Waals surface area contributed by atoms with Gasteiger partial charge in [-0.05, 0) is 25.0 Å². The molecule has 0 aliphatic rings. The van der Waals surface area contributed by atoms with E-state index in [1.807, 2.05) is 37.3 Å². The molecule has 1 N–H and O–H groups in total. The summed E-state index contributed by atoms with van der Waals surface area (Å²) < 4.78 is 5.71. The topological polar surface area (TPSA) is 81.5 Å². The lowest BCUT2D eigenvalue weighted by Gasteiger charge is -2.13. The SMILES string of the molecule is C[C@H](OCCCNC(=O)c1ccc([N+](=O)[O-])s1)c1ccccc1. The van der Waals surface area contributed by atoms with Crippen LogP contribution in [-0.2, 0) is 4.74 Å². The third-order valence-corrected chi connectivity index (χ3v) is 4.27. The van der Waals surface area contributed by atoms with Crippen LogP contribution in [0, 0.1) is 10.1 Å². The minimum Gasteiger partial charge on any atom is -0.374 e. The number of thiophene rings is 1. The van der Waals surface area contributed by atoms with Crippen molar-refractivity contribution in [1.29, 1.82) is 0 Å². The van der Waals surface area contributed by atoms with Crippen molar-refractivity contribution >= 4 is 22.2 Å². The molecule has 6 nitrogen and oxygen atoms in total. The Kier molecular flexibility index (Phi) is 6.25. The molecule has 0 saturated heterocycles. The molecule has 1 aromatic heterocycles. The first-order valence-corrected chi connectivity index (χ1v) is 8.08. The van der Waals surface area contributed by atoms with Crippen molar-refractivity contribution in [1.82, 2.24) is 5.32 Å². The number of nitrogens with zero attached hydrogens (tertiary/aromatic N) is 1. The number of carbonyl (C=O) groups is 1. The number of nitrogens with one attached hydrogen (secondary N) is 1. The van der Waals surface area contributed by atoms with Crippen molar-refractivity contribution in [2.75, 3.05) is 13.2 Å². The van der Waals surface area contributed by atoms with Crippen molar-refractivity contribution < 1.29 is 14.5 Å². The highest BCUT2D eigenvalue weighted by Gasteiger charge is 2.14. The lowest BCUT2D eigenvalue weighted by Crippen LogP contribution is -2.24. The van der Waals surface area contributed by atoms with E-state index in [2.05, 4.69) is 5.32 Å². The van der Waals surface area contributed by atoms with Crippen LogP contribution in [0.1, 0.15) is 34.7 Å². The van der Waals surface area contributed by atoms with Crippen molar-refractivity contribution in [3.8, 4) is 0 Å². The fraction of sp³-hybridized carbons (Fsp3) is 0.312. The molecule has 1 amide bonds. The van der Waals surface area contributed by atoms with Crippen LogP contribution < -0.4 is 5.32 Å². The first-order valence-electron chi connectivity index (χ1n) is 7.27. The molecule has 1 aromatic carbocycles. The van der Waals surface area contributed by atoms with Crippen LogP contribution in [0.25, 0.3) is 0 Å². The first kappa shape index (κ1) is 17.1. The van der Waals surface area contributed by atoms with E-state index in [0.29, 0.717) is 24.4 Å². The highest BCUT2D eigenvalue weighted by molar-refractivity contribution is 7.17. The third kappa shape index (κ3) is 5.15. The van der Waals surface area contributed by atoms with Crippen molar-refractivity contribution in [3.63, 3.8) is 0 Å². The number of nitro groups is 1. The fourth-order valence-electron chi connectivity index (χ4n) is 1.99. The molecule has 0 aliphatic heterocycles. The maximum Gasteiger partial charge on any atom is 0.324 e. The summed E-state index contributed by atoms with van der Waals surface area (Å²) in [5.41, 5.74) is 1.11. The molecule has 0 aliphatic carbocycles. The van der Waals surface area contributed by atoms with Crippen LogP contribution in [0.5, 0.6) is 0 Å². The molecule has 122 valence electrons.